The van der Waals surface area contributed by atoms with E-state index in [9.17, 15) is 14.7 Å². The van der Waals surface area contributed by atoms with Crippen molar-refractivity contribution in [2.24, 2.45) is 5.92 Å². The molecule has 0 rings (SSSR count). The summed E-state index contributed by atoms with van der Waals surface area (Å²) in [6, 6.07) is 0. The van der Waals surface area contributed by atoms with Crippen molar-refractivity contribution in [1.82, 2.24) is 0 Å². The number of carbonyl (C=O) groups excluding carboxylic acids is 2. The molecule has 51 heavy (non-hydrogen) atoms. The van der Waals surface area contributed by atoms with E-state index in [1.54, 1.807) is 0 Å². The molecule has 0 bridgehead atoms. The molecule has 5 heteroatoms. The minimum absolute atomic E-state index is 0.0570. The molecule has 0 heterocycles. The maximum absolute atomic E-state index is 12.2. The average molecular weight is 723 g/mol. The van der Waals surface area contributed by atoms with Crippen LogP contribution in [0.4, 0.5) is 0 Å². The normalized spacial score (nSPS) is 12.6. The molecule has 0 aliphatic carbocycles. The average Bonchev–Trinajstić information content (AvgIpc) is 3.13. The van der Waals surface area contributed by atoms with Gasteiger partial charge >= 0.3 is 11.9 Å². The van der Waals surface area contributed by atoms with E-state index in [1.807, 2.05) is 0 Å². The molecule has 0 aliphatic heterocycles. The summed E-state index contributed by atoms with van der Waals surface area (Å²) < 4.78 is 10.7. The second-order valence-corrected chi connectivity index (χ2v) is 16.1. The maximum atomic E-state index is 12.2. The Morgan fingerprint density at radius 1 is 0.451 bits per heavy atom. The van der Waals surface area contributed by atoms with Gasteiger partial charge in [0.25, 0.3) is 0 Å². The van der Waals surface area contributed by atoms with Gasteiger partial charge in [-0.2, -0.15) is 0 Å². The second kappa shape index (κ2) is 41.7. The predicted octanol–water partition coefficient (Wildman–Crippen LogP) is 14.5. The number of hydrogen-bond acceptors (Lipinski definition) is 5. The van der Waals surface area contributed by atoms with Crippen LogP contribution >= 0.6 is 0 Å². The van der Waals surface area contributed by atoms with Crippen molar-refractivity contribution in [1.29, 1.82) is 0 Å². The Morgan fingerprint density at radius 3 is 1.10 bits per heavy atom. The molecule has 0 aromatic heterocycles. The monoisotopic (exact) mass is 723 g/mol. The van der Waals surface area contributed by atoms with Crippen molar-refractivity contribution in [3.05, 3.63) is 0 Å². The fraction of sp³-hybridized carbons (Fsp3) is 0.957. The SMILES string of the molecule is CCCCCCCCCCCCCCCCCCCCCC(=O)OC[C@H](CO)OC(=O)CCCCCCCCCCCCCCCCC(C)CC. The van der Waals surface area contributed by atoms with E-state index in [2.05, 4.69) is 20.8 Å². The number of rotatable bonds is 42. The first-order valence-electron chi connectivity index (χ1n) is 23.0. The largest absolute Gasteiger partial charge is 0.462 e. The number of unbranched alkanes of at least 4 members (excludes halogenated alkanes) is 31. The van der Waals surface area contributed by atoms with Gasteiger partial charge in [0.05, 0.1) is 6.61 Å². The lowest BCUT2D eigenvalue weighted by Crippen LogP contribution is -2.28. The molecule has 0 aromatic rings. The molecule has 304 valence electrons. The number of aliphatic hydroxyl groups is 1. The van der Waals surface area contributed by atoms with Gasteiger partial charge in [-0.05, 0) is 18.8 Å². The van der Waals surface area contributed by atoms with Crippen LogP contribution in [0, 0.1) is 5.92 Å². The molecular weight excluding hydrogens is 633 g/mol. The summed E-state index contributed by atoms with van der Waals surface area (Å²) in [5, 5.41) is 9.59. The highest BCUT2D eigenvalue weighted by Crippen LogP contribution is 2.17. The van der Waals surface area contributed by atoms with E-state index in [1.165, 1.54) is 193 Å². The van der Waals surface area contributed by atoms with E-state index in [0.717, 1.165) is 38.0 Å². The van der Waals surface area contributed by atoms with Crippen LogP contribution in [0.3, 0.4) is 0 Å². The molecule has 2 atom stereocenters. The summed E-state index contributed by atoms with van der Waals surface area (Å²) in [6.07, 6.45) is 46.0. The van der Waals surface area contributed by atoms with Crippen LogP contribution in [0.1, 0.15) is 258 Å². The molecule has 0 aliphatic rings. The van der Waals surface area contributed by atoms with Crippen molar-refractivity contribution < 1.29 is 24.2 Å². The molecule has 1 unspecified atom stereocenters. The first kappa shape index (κ1) is 49.9. The van der Waals surface area contributed by atoms with Gasteiger partial charge in [0, 0.05) is 12.8 Å². The van der Waals surface area contributed by atoms with Crippen LogP contribution in [0.15, 0.2) is 0 Å². The standard InChI is InChI=1S/C46H90O5/c1-4-6-7-8-9-10-11-12-13-14-15-16-17-21-24-27-30-33-36-39-45(48)50-42-44(41-47)51-46(49)40-37-34-31-28-25-22-19-18-20-23-26-29-32-35-38-43(3)5-2/h43-44,47H,4-42H2,1-3H3/t43?,44-/m0/s1. The molecule has 0 saturated heterocycles. The van der Waals surface area contributed by atoms with Crippen LogP contribution in [-0.4, -0.2) is 36.4 Å². The molecule has 0 amide bonds. The maximum Gasteiger partial charge on any atom is 0.306 e. The van der Waals surface area contributed by atoms with Gasteiger partial charge in [-0.15, -0.1) is 0 Å². The molecule has 0 radical (unpaired) electrons. The lowest BCUT2D eigenvalue weighted by molar-refractivity contribution is -0.161. The second-order valence-electron chi connectivity index (χ2n) is 16.1. The van der Waals surface area contributed by atoms with Crippen LogP contribution in [0.25, 0.3) is 0 Å². The van der Waals surface area contributed by atoms with Gasteiger partial charge in [-0.1, -0.05) is 233 Å². The van der Waals surface area contributed by atoms with E-state index in [4.69, 9.17) is 9.47 Å². The Kier molecular flexibility index (Phi) is 40.8. The Bertz CT molecular complexity index is 710. The van der Waals surface area contributed by atoms with Crippen LogP contribution in [0.2, 0.25) is 0 Å². The lowest BCUT2D eigenvalue weighted by atomic mass is 9.99. The Balaban J connectivity index is 3.46. The number of esters is 2. The topological polar surface area (TPSA) is 72.8 Å². The zero-order chi connectivity index (χ0) is 37.3. The summed E-state index contributed by atoms with van der Waals surface area (Å²) in [7, 11) is 0. The molecular formula is C46H90O5. The van der Waals surface area contributed by atoms with Crippen molar-refractivity contribution >= 4 is 11.9 Å². The Hall–Kier alpha value is -1.10. The molecule has 0 fully saturated rings. The van der Waals surface area contributed by atoms with Gasteiger partial charge in [0.2, 0.25) is 0 Å². The molecule has 0 saturated carbocycles. The van der Waals surface area contributed by atoms with Gasteiger partial charge in [0.15, 0.2) is 6.10 Å². The van der Waals surface area contributed by atoms with Crippen molar-refractivity contribution in [3.8, 4) is 0 Å². The van der Waals surface area contributed by atoms with E-state index in [0.29, 0.717) is 12.8 Å². The highest BCUT2D eigenvalue weighted by molar-refractivity contribution is 5.70. The minimum Gasteiger partial charge on any atom is -0.462 e. The van der Waals surface area contributed by atoms with Crippen molar-refractivity contribution in [2.75, 3.05) is 13.2 Å². The zero-order valence-electron chi connectivity index (χ0n) is 34.8. The zero-order valence-corrected chi connectivity index (χ0v) is 34.8. The fourth-order valence-corrected chi connectivity index (χ4v) is 7.06. The summed E-state index contributed by atoms with van der Waals surface area (Å²) in [4.78, 5) is 24.4. The highest BCUT2D eigenvalue weighted by atomic mass is 16.6. The third-order valence-electron chi connectivity index (χ3n) is 10.9. The molecule has 0 spiro atoms. The van der Waals surface area contributed by atoms with Gasteiger partial charge in [-0.25, -0.2) is 0 Å². The predicted molar refractivity (Wildman–Crippen MR) is 219 cm³/mol. The van der Waals surface area contributed by atoms with Crippen LogP contribution in [-0.2, 0) is 19.1 Å². The summed E-state index contributed by atoms with van der Waals surface area (Å²) in [5.74, 6) is 0.331. The first-order valence-corrected chi connectivity index (χ1v) is 23.0. The van der Waals surface area contributed by atoms with E-state index in [-0.39, 0.29) is 25.2 Å². The summed E-state index contributed by atoms with van der Waals surface area (Å²) in [5.41, 5.74) is 0. The number of hydrogen-bond donors (Lipinski definition) is 1. The molecule has 1 N–H and O–H groups in total. The van der Waals surface area contributed by atoms with Crippen molar-refractivity contribution in [3.63, 3.8) is 0 Å². The smallest absolute Gasteiger partial charge is 0.306 e. The Labute approximate surface area is 319 Å². The van der Waals surface area contributed by atoms with Crippen molar-refractivity contribution in [2.45, 2.75) is 264 Å². The fourth-order valence-electron chi connectivity index (χ4n) is 7.06. The van der Waals surface area contributed by atoms with Crippen LogP contribution in [0.5, 0.6) is 0 Å². The quantitative estimate of drug-likeness (QED) is 0.0501. The third-order valence-corrected chi connectivity index (χ3v) is 10.9. The van der Waals surface area contributed by atoms with E-state index < -0.39 is 6.10 Å². The van der Waals surface area contributed by atoms with Crippen LogP contribution < -0.4 is 0 Å². The third kappa shape index (κ3) is 39.9. The summed E-state index contributed by atoms with van der Waals surface area (Å²) in [6.45, 7) is 6.57. The van der Waals surface area contributed by atoms with Gasteiger partial charge in [0.1, 0.15) is 6.61 Å². The molecule has 5 nitrogen and oxygen atoms in total. The number of aliphatic hydroxyl groups excluding tert-OH is 1. The van der Waals surface area contributed by atoms with Gasteiger partial charge < -0.3 is 14.6 Å². The number of ether oxygens (including phenoxy) is 2. The van der Waals surface area contributed by atoms with E-state index >= 15 is 0 Å². The first-order chi connectivity index (χ1) is 25.0. The minimum atomic E-state index is -0.763. The summed E-state index contributed by atoms with van der Waals surface area (Å²) >= 11 is 0. The number of carbonyl (C=O) groups is 2. The Morgan fingerprint density at radius 2 is 0.765 bits per heavy atom. The van der Waals surface area contributed by atoms with Gasteiger partial charge in [-0.3, -0.25) is 9.59 Å². The highest BCUT2D eigenvalue weighted by Gasteiger charge is 2.16. The lowest BCUT2D eigenvalue weighted by Gasteiger charge is -2.15. The molecule has 0 aromatic carbocycles.